The summed E-state index contributed by atoms with van der Waals surface area (Å²) in [5.74, 6) is -0.479. The zero-order valence-electron chi connectivity index (χ0n) is 20.5. The van der Waals surface area contributed by atoms with Crippen LogP contribution in [0.5, 0.6) is 11.6 Å². The van der Waals surface area contributed by atoms with E-state index in [1.807, 2.05) is 6.92 Å². The van der Waals surface area contributed by atoms with Crippen molar-refractivity contribution < 1.29 is 36.5 Å². The molecule has 0 unspecified atom stereocenters. The molecule has 0 fully saturated rings. The van der Waals surface area contributed by atoms with Crippen LogP contribution in [0.3, 0.4) is 0 Å². The lowest BCUT2D eigenvalue weighted by Crippen LogP contribution is -2.57. The normalized spacial score (nSPS) is 26.9. The van der Waals surface area contributed by atoms with E-state index in [-0.39, 0.29) is 23.5 Å². The molecule has 14 heteroatoms. The number of amides is 1. The Morgan fingerprint density at radius 1 is 1.27 bits per heavy atom. The van der Waals surface area contributed by atoms with Crippen molar-refractivity contribution in [3.05, 3.63) is 41.9 Å². The van der Waals surface area contributed by atoms with Gasteiger partial charge in [-0.25, -0.2) is 9.97 Å². The van der Waals surface area contributed by atoms with Gasteiger partial charge < -0.3 is 20.5 Å². The summed E-state index contributed by atoms with van der Waals surface area (Å²) in [6.45, 7) is 5.35. The standard InChI is InChI=1S/C23H28F3N5O5S/c1-12-7-17-22(4,31-20(27)21(2,3)37(17,33)34)14-8-13(5-6-16(14)36-12)30-19(32)15-9-29-18(10-28-15)35-11-23(24,25)26/h5-6,8-10,12,17,33-34H,7,11H2,1-4H3,(H2,27,31)(H,30,32)/t12-,17+,22+/m0/s1. The number of nitrogens with one attached hydrogen (secondary N) is 1. The van der Waals surface area contributed by atoms with Gasteiger partial charge in [0.1, 0.15) is 27.6 Å². The number of carbonyl (C=O) groups excluding carboxylic acids is 1. The molecule has 1 amide bonds. The van der Waals surface area contributed by atoms with E-state index in [1.165, 1.54) is 0 Å². The minimum Gasteiger partial charge on any atom is -0.490 e. The molecule has 0 saturated heterocycles. The van der Waals surface area contributed by atoms with Crippen LogP contribution in [0.2, 0.25) is 0 Å². The highest BCUT2D eigenvalue weighted by Crippen LogP contribution is 2.66. The second-order valence-corrected chi connectivity index (χ2v) is 12.5. The number of benzene rings is 1. The second-order valence-electron chi connectivity index (χ2n) is 9.71. The summed E-state index contributed by atoms with van der Waals surface area (Å²) in [5.41, 5.74) is 5.76. The lowest BCUT2D eigenvalue weighted by atomic mass is 9.85. The van der Waals surface area contributed by atoms with Crippen LogP contribution in [0.15, 0.2) is 35.6 Å². The van der Waals surface area contributed by atoms with Gasteiger partial charge in [-0.15, -0.1) is 0 Å². The third kappa shape index (κ3) is 4.92. The van der Waals surface area contributed by atoms with Crippen LogP contribution in [0, 0.1) is 0 Å². The maximum atomic E-state index is 12.7. The van der Waals surface area contributed by atoms with Crippen LogP contribution in [-0.2, 0) is 5.54 Å². The Balaban J connectivity index is 1.64. The first-order valence-electron chi connectivity index (χ1n) is 11.3. The van der Waals surface area contributed by atoms with Crippen molar-refractivity contribution >= 4 is 28.0 Å². The number of carbonyl (C=O) groups is 1. The molecule has 0 spiro atoms. The van der Waals surface area contributed by atoms with Gasteiger partial charge in [-0.3, -0.25) is 18.9 Å². The van der Waals surface area contributed by atoms with E-state index in [4.69, 9.17) is 15.5 Å². The molecule has 1 aromatic heterocycles. The van der Waals surface area contributed by atoms with Crippen LogP contribution >= 0.6 is 10.6 Å². The molecule has 0 radical (unpaired) electrons. The minimum absolute atomic E-state index is 0.101. The van der Waals surface area contributed by atoms with E-state index in [1.54, 1.807) is 39.0 Å². The number of aromatic nitrogens is 2. The van der Waals surface area contributed by atoms with Crippen molar-refractivity contribution in [1.29, 1.82) is 0 Å². The molecule has 0 saturated carbocycles. The molecule has 3 heterocycles. The van der Waals surface area contributed by atoms with Gasteiger partial charge in [0.25, 0.3) is 5.91 Å². The number of nitrogens with zero attached hydrogens (tertiary/aromatic N) is 3. The highest BCUT2D eigenvalue weighted by Gasteiger charge is 2.58. The fourth-order valence-electron chi connectivity index (χ4n) is 4.41. The summed E-state index contributed by atoms with van der Waals surface area (Å²) in [6.07, 6.45) is -2.65. The molecule has 0 bridgehead atoms. The van der Waals surface area contributed by atoms with Crippen LogP contribution in [0.25, 0.3) is 0 Å². The van der Waals surface area contributed by atoms with Gasteiger partial charge in [-0.1, -0.05) is 0 Å². The quantitative estimate of drug-likeness (QED) is 0.445. The second kappa shape index (κ2) is 9.03. The van der Waals surface area contributed by atoms with Crippen LogP contribution in [-0.4, -0.2) is 59.7 Å². The first-order chi connectivity index (χ1) is 17.0. The van der Waals surface area contributed by atoms with Gasteiger partial charge in [0.05, 0.1) is 23.7 Å². The largest absolute Gasteiger partial charge is 0.490 e. The van der Waals surface area contributed by atoms with Crippen LogP contribution in [0.1, 0.15) is 50.2 Å². The molecule has 37 heavy (non-hydrogen) atoms. The number of hydrogen-bond donors (Lipinski definition) is 4. The van der Waals surface area contributed by atoms with Crippen molar-refractivity contribution in [3.63, 3.8) is 0 Å². The Labute approximate surface area is 212 Å². The molecule has 3 atom stereocenters. The average Bonchev–Trinajstić information content (AvgIpc) is 2.91. The molecule has 5 N–H and O–H groups in total. The molecule has 1 aromatic carbocycles. The number of aliphatic imine (C=N–C) groups is 1. The van der Waals surface area contributed by atoms with Crippen molar-refractivity contribution in [2.45, 2.75) is 61.9 Å². The molecular weight excluding hydrogens is 515 g/mol. The van der Waals surface area contributed by atoms with Gasteiger partial charge >= 0.3 is 6.18 Å². The molecule has 10 nitrogen and oxygen atoms in total. The molecule has 202 valence electrons. The fraction of sp³-hybridized carbons (Fsp3) is 0.478. The minimum atomic E-state index is -4.53. The summed E-state index contributed by atoms with van der Waals surface area (Å²) < 4.78 is 69.0. The summed E-state index contributed by atoms with van der Waals surface area (Å²) in [4.78, 5) is 25.0. The fourth-order valence-corrected chi connectivity index (χ4v) is 6.84. The van der Waals surface area contributed by atoms with E-state index in [0.29, 0.717) is 23.4 Å². The first-order valence-corrected chi connectivity index (χ1v) is 12.9. The van der Waals surface area contributed by atoms with Gasteiger partial charge in [-0.2, -0.15) is 23.8 Å². The number of fused-ring (bicyclic) bond motifs is 3. The van der Waals surface area contributed by atoms with Gasteiger partial charge in [0.15, 0.2) is 6.61 Å². The zero-order valence-corrected chi connectivity index (χ0v) is 21.4. The number of anilines is 1. The SMILES string of the molecule is C[C@H]1C[C@@H]2[C@](C)(N=C(N)C(C)(C)S2(O)O)c2cc(NC(=O)c3cnc(OCC(F)(F)F)cn3)ccc2O1. The predicted molar refractivity (Wildman–Crippen MR) is 132 cm³/mol. The van der Waals surface area contributed by atoms with Gasteiger partial charge in [-0.05, 0) is 45.9 Å². The molecular formula is C23H28F3N5O5S. The van der Waals surface area contributed by atoms with Gasteiger partial charge in [0.2, 0.25) is 5.88 Å². The smallest absolute Gasteiger partial charge is 0.422 e. The zero-order chi connectivity index (χ0) is 27.4. The summed E-state index contributed by atoms with van der Waals surface area (Å²) >= 11 is 0. The third-order valence-corrected chi connectivity index (χ3v) is 9.80. The Morgan fingerprint density at radius 2 is 1.97 bits per heavy atom. The number of alkyl halides is 3. The number of amidine groups is 1. The number of nitrogens with two attached hydrogens (primary N) is 1. The number of halogens is 3. The highest BCUT2D eigenvalue weighted by molar-refractivity contribution is 8.26. The molecule has 2 aromatic rings. The average molecular weight is 544 g/mol. The maximum absolute atomic E-state index is 12.7. The lowest BCUT2D eigenvalue weighted by Gasteiger charge is -2.58. The van der Waals surface area contributed by atoms with E-state index in [2.05, 4.69) is 20.0 Å². The number of rotatable bonds is 4. The Morgan fingerprint density at radius 3 is 2.59 bits per heavy atom. The van der Waals surface area contributed by atoms with Crippen molar-refractivity contribution in [1.82, 2.24) is 9.97 Å². The first kappa shape index (κ1) is 26.9. The lowest BCUT2D eigenvalue weighted by molar-refractivity contribution is -0.154. The number of ether oxygens (including phenoxy) is 2. The number of hydrogen-bond acceptors (Lipinski definition) is 9. The maximum Gasteiger partial charge on any atom is 0.422 e. The summed E-state index contributed by atoms with van der Waals surface area (Å²) in [7, 11) is -3.29. The van der Waals surface area contributed by atoms with Crippen molar-refractivity contribution in [2.75, 3.05) is 11.9 Å². The Kier molecular flexibility index (Phi) is 6.57. The third-order valence-electron chi connectivity index (χ3n) is 6.65. The predicted octanol–water partition coefficient (Wildman–Crippen LogP) is 4.32. The monoisotopic (exact) mass is 543 g/mol. The molecule has 2 aliphatic rings. The summed E-state index contributed by atoms with van der Waals surface area (Å²) in [5, 5.41) is 1.95. The Bertz CT molecular complexity index is 1240. The van der Waals surface area contributed by atoms with Crippen molar-refractivity contribution in [3.8, 4) is 11.6 Å². The van der Waals surface area contributed by atoms with E-state index >= 15 is 0 Å². The molecule has 2 aliphatic heterocycles. The van der Waals surface area contributed by atoms with E-state index in [9.17, 15) is 27.1 Å². The van der Waals surface area contributed by atoms with Crippen LogP contribution in [0.4, 0.5) is 18.9 Å². The summed E-state index contributed by atoms with van der Waals surface area (Å²) in [6, 6.07) is 4.86. The molecule has 4 rings (SSSR count). The van der Waals surface area contributed by atoms with Crippen LogP contribution < -0.4 is 20.5 Å². The topological polar surface area (TPSA) is 152 Å². The van der Waals surface area contributed by atoms with Gasteiger partial charge in [0, 0.05) is 17.7 Å². The van der Waals surface area contributed by atoms with E-state index < -0.39 is 44.8 Å². The highest BCUT2D eigenvalue weighted by atomic mass is 32.3. The molecule has 0 aliphatic carbocycles. The van der Waals surface area contributed by atoms with Crippen molar-refractivity contribution in [2.24, 2.45) is 10.7 Å². The Hall–Kier alpha value is -3.10. The van der Waals surface area contributed by atoms with E-state index in [0.717, 1.165) is 12.4 Å².